The summed E-state index contributed by atoms with van der Waals surface area (Å²) >= 11 is 0. The molecule has 0 aliphatic rings. The van der Waals surface area contributed by atoms with Gasteiger partial charge in [0.15, 0.2) is 0 Å². The monoisotopic (exact) mass is 299 g/mol. The summed E-state index contributed by atoms with van der Waals surface area (Å²) in [6, 6.07) is 4.55. The standard InChI is InChI=1S/C15H16F3NO2/c1-11-9-13(7-6-12(11)5-3-4-8-20)14(21)19(2)10-15(16,17)18/h6-7,9,20H,4,8,10H2,1-2H3. The molecule has 0 spiro atoms. The number of hydrogen-bond acceptors (Lipinski definition) is 2. The molecule has 0 unspecified atom stereocenters. The molecule has 0 heterocycles. The van der Waals surface area contributed by atoms with Gasteiger partial charge in [-0.15, -0.1) is 0 Å². The Morgan fingerprint density at radius 1 is 1.38 bits per heavy atom. The van der Waals surface area contributed by atoms with Gasteiger partial charge in [-0.2, -0.15) is 13.2 Å². The molecule has 1 rings (SSSR count). The third kappa shape index (κ3) is 5.48. The first-order valence-electron chi connectivity index (χ1n) is 6.27. The number of alkyl halides is 3. The van der Waals surface area contributed by atoms with E-state index in [9.17, 15) is 18.0 Å². The second-order valence-electron chi connectivity index (χ2n) is 4.58. The number of hydrogen-bond donors (Lipinski definition) is 1. The third-order valence-electron chi connectivity index (χ3n) is 2.70. The summed E-state index contributed by atoms with van der Waals surface area (Å²) in [5.74, 6) is 4.89. The van der Waals surface area contributed by atoms with Crippen LogP contribution >= 0.6 is 0 Å². The van der Waals surface area contributed by atoms with Crippen LogP contribution in [0.4, 0.5) is 13.2 Å². The topological polar surface area (TPSA) is 40.5 Å². The zero-order valence-electron chi connectivity index (χ0n) is 11.8. The molecule has 1 aromatic rings. The molecule has 1 amide bonds. The number of aliphatic hydroxyl groups is 1. The average Bonchev–Trinajstić information content (AvgIpc) is 2.38. The number of rotatable bonds is 3. The number of carbonyl (C=O) groups excluding carboxylic acids is 1. The summed E-state index contributed by atoms with van der Waals surface area (Å²) in [5, 5.41) is 8.64. The van der Waals surface area contributed by atoms with E-state index in [0.29, 0.717) is 22.4 Å². The van der Waals surface area contributed by atoms with Crippen LogP contribution in [-0.4, -0.2) is 42.3 Å². The Bertz CT molecular complexity index is 571. The van der Waals surface area contributed by atoms with Crippen LogP contribution in [0.15, 0.2) is 18.2 Å². The molecule has 6 heteroatoms. The largest absolute Gasteiger partial charge is 0.406 e. The van der Waals surface area contributed by atoms with Gasteiger partial charge in [0.25, 0.3) is 5.91 Å². The van der Waals surface area contributed by atoms with E-state index in [1.165, 1.54) is 12.1 Å². The molecule has 0 bridgehead atoms. The van der Waals surface area contributed by atoms with Crippen LogP contribution < -0.4 is 0 Å². The first-order valence-corrected chi connectivity index (χ1v) is 6.27. The minimum absolute atomic E-state index is 0.0369. The Morgan fingerprint density at radius 2 is 2.05 bits per heavy atom. The molecule has 0 saturated carbocycles. The van der Waals surface area contributed by atoms with Gasteiger partial charge in [-0.3, -0.25) is 4.79 Å². The number of amides is 1. The normalized spacial score (nSPS) is 10.8. The summed E-state index contributed by atoms with van der Waals surface area (Å²) in [6.45, 7) is 0.400. The van der Waals surface area contributed by atoms with Crippen molar-refractivity contribution in [3.8, 4) is 11.8 Å². The molecule has 0 aliphatic carbocycles. The van der Waals surface area contributed by atoms with Gasteiger partial charge in [-0.25, -0.2) is 0 Å². The van der Waals surface area contributed by atoms with Crippen molar-refractivity contribution < 1.29 is 23.1 Å². The van der Waals surface area contributed by atoms with Gasteiger partial charge < -0.3 is 10.0 Å². The van der Waals surface area contributed by atoms with E-state index in [1.54, 1.807) is 13.0 Å². The first-order chi connectivity index (χ1) is 9.74. The molecule has 0 saturated heterocycles. The highest BCUT2D eigenvalue weighted by Gasteiger charge is 2.31. The van der Waals surface area contributed by atoms with Crippen molar-refractivity contribution in [3.05, 3.63) is 34.9 Å². The van der Waals surface area contributed by atoms with Crippen LogP contribution in [0.2, 0.25) is 0 Å². The predicted octanol–water partition coefficient (Wildman–Crippen LogP) is 2.36. The quantitative estimate of drug-likeness (QED) is 0.871. The summed E-state index contributed by atoms with van der Waals surface area (Å²) < 4.78 is 36.8. The van der Waals surface area contributed by atoms with E-state index >= 15 is 0 Å². The van der Waals surface area contributed by atoms with Crippen LogP contribution in [0, 0.1) is 18.8 Å². The minimum Gasteiger partial charge on any atom is -0.395 e. The maximum atomic E-state index is 12.3. The lowest BCUT2D eigenvalue weighted by Gasteiger charge is -2.19. The summed E-state index contributed by atoms with van der Waals surface area (Å²) in [5.41, 5.74) is 1.57. The minimum atomic E-state index is -4.42. The number of carbonyl (C=O) groups is 1. The molecule has 0 aromatic heterocycles. The zero-order chi connectivity index (χ0) is 16.0. The Kier molecular flexibility index (Phi) is 5.79. The molecular weight excluding hydrogens is 283 g/mol. The van der Waals surface area contributed by atoms with Crippen molar-refractivity contribution in [2.24, 2.45) is 0 Å². The van der Waals surface area contributed by atoms with E-state index < -0.39 is 18.6 Å². The maximum Gasteiger partial charge on any atom is 0.406 e. The van der Waals surface area contributed by atoms with Crippen LogP contribution in [0.25, 0.3) is 0 Å². The van der Waals surface area contributed by atoms with Gasteiger partial charge in [0.2, 0.25) is 0 Å². The Labute approximate surface area is 121 Å². The van der Waals surface area contributed by atoms with Crippen molar-refractivity contribution in [2.75, 3.05) is 20.2 Å². The van der Waals surface area contributed by atoms with Gasteiger partial charge in [0, 0.05) is 24.6 Å². The van der Waals surface area contributed by atoms with Crippen molar-refractivity contribution in [1.82, 2.24) is 4.90 Å². The highest BCUT2D eigenvalue weighted by Crippen LogP contribution is 2.18. The molecule has 3 nitrogen and oxygen atoms in total. The Morgan fingerprint density at radius 3 is 2.57 bits per heavy atom. The fourth-order valence-electron chi connectivity index (χ4n) is 1.71. The number of benzene rings is 1. The fourth-order valence-corrected chi connectivity index (χ4v) is 1.71. The van der Waals surface area contributed by atoms with Gasteiger partial charge in [-0.1, -0.05) is 11.8 Å². The van der Waals surface area contributed by atoms with Gasteiger partial charge in [0.05, 0.1) is 6.61 Å². The molecule has 0 aliphatic heterocycles. The van der Waals surface area contributed by atoms with Crippen molar-refractivity contribution in [3.63, 3.8) is 0 Å². The smallest absolute Gasteiger partial charge is 0.395 e. The van der Waals surface area contributed by atoms with Crippen LogP contribution in [-0.2, 0) is 0 Å². The van der Waals surface area contributed by atoms with Gasteiger partial charge in [0.1, 0.15) is 6.54 Å². The van der Waals surface area contributed by atoms with E-state index in [2.05, 4.69) is 11.8 Å². The fraction of sp³-hybridized carbons (Fsp3) is 0.400. The predicted molar refractivity (Wildman–Crippen MR) is 72.8 cm³/mol. The third-order valence-corrected chi connectivity index (χ3v) is 2.70. The molecule has 1 N–H and O–H groups in total. The van der Waals surface area contributed by atoms with Crippen LogP contribution in [0.5, 0.6) is 0 Å². The number of aryl methyl sites for hydroxylation is 1. The lowest BCUT2D eigenvalue weighted by molar-refractivity contribution is -0.138. The molecule has 1 aromatic carbocycles. The Balaban J connectivity index is 2.89. The molecule has 0 atom stereocenters. The lowest BCUT2D eigenvalue weighted by atomic mass is 10.0. The highest BCUT2D eigenvalue weighted by molar-refractivity contribution is 5.94. The van der Waals surface area contributed by atoms with Gasteiger partial charge in [-0.05, 0) is 30.7 Å². The molecule has 114 valence electrons. The van der Waals surface area contributed by atoms with Crippen LogP contribution in [0.1, 0.15) is 27.9 Å². The summed E-state index contributed by atoms with van der Waals surface area (Å²) in [6.07, 6.45) is -4.08. The highest BCUT2D eigenvalue weighted by atomic mass is 19.4. The summed E-state index contributed by atoms with van der Waals surface area (Å²) in [7, 11) is 1.11. The van der Waals surface area contributed by atoms with Crippen molar-refractivity contribution >= 4 is 5.91 Å². The lowest BCUT2D eigenvalue weighted by Crippen LogP contribution is -2.35. The number of halogens is 3. The zero-order valence-corrected chi connectivity index (χ0v) is 11.8. The maximum absolute atomic E-state index is 12.3. The summed E-state index contributed by atoms with van der Waals surface area (Å²) in [4.78, 5) is 12.5. The van der Waals surface area contributed by atoms with Crippen molar-refractivity contribution in [1.29, 1.82) is 0 Å². The Hall–Kier alpha value is -2.00. The van der Waals surface area contributed by atoms with E-state index in [-0.39, 0.29) is 12.2 Å². The van der Waals surface area contributed by atoms with Crippen molar-refractivity contribution in [2.45, 2.75) is 19.5 Å². The van der Waals surface area contributed by atoms with Crippen LogP contribution in [0.3, 0.4) is 0 Å². The number of aliphatic hydroxyl groups excluding tert-OH is 1. The van der Waals surface area contributed by atoms with Gasteiger partial charge >= 0.3 is 6.18 Å². The second kappa shape index (κ2) is 7.14. The molecule has 0 radical (unpaired) electrons. The molecular formula is C15H16F3NO2. The molecule has 21 heavy (non-hydrogen) atoms. The molecule has 0 fully saturated rings. The SMILES string of the molecule is Cc1cc(C(=O)N(C)CC(F)(F)F)ccc1C#CCCO. The average molecular weight is 299 g/mol. The van der Waals surface area contributed by atoms with E-state index in [4.69, 9.17) is 5.11 Å². The number of nitrogens with zero attached hydrogens (tertiary/aromatic N) is 1. The second-order valence-corrected chi connectivity index (χ2v) is 4.58. The van der Waals surface area contributed by atoms with E-state index in [0.717, 1.165) is 7.05 Å². The first kappa shape index (κ1) is 17.1. The van der Waals surface area contributed by atoms with E-state index in [1.807, 2.05) is 0 Å².